The third-order valence-electron chi connectivity index (χ3n) is 3.27. The van der Waals surface area contributed by atoms with Gasteiger partial charge in [-0.1, -0.05) is 54.1 Å². The fourth-order valence-corrected chi connectivity index (χ4v) is 2.42. The van der Waals surface area contributed by atoms with Crippen LogP contribution in [0.5, 0.6) is 0 Å². The standard InChI is InChI=1S/C16H16ClN3/c17-14-8-4-5-9-15(14)19-16-18-10-11-20(16)12-13-6-2-1-3-7-13/h1-9H,10-12H2,(H,18,19). The van der Waals surface area contributed by atoms with Crippen molar-refractivity contribution in [1.29, 1.82) is 0 Å². The van der Waals surface area contributed by atoms with E-state index in [0.29, 0.717) is 5.02 Å². The lowest BCUT2D eigenvalue weighted by molar-refractivity contribution is 0.451. The number of rotatable bonds is 3. The third kappa shape index (κ3) is 2.94. The first-order valence-corrected chi connectivity index (χ1v) is 7.05. The van der Waals surface area contributed by atoms with Gasteiger partial charge in [-0.2, -0.15) is 0 Å². The summed E-state index contributed by atoms with van der Waals surface area (Å²) in [6.45, 7) is 2.61. The van der Waals surface area contributed by atoms with Gasteiger partial charge in [-0.05, 0) is 17.7 Å². The average Bonchev–Trinajstić information content (AvgIpc) is 2.90. The molecule has 2 aromatic rings. The molecule has 102 valence electrons. The van der Waals surface area contributed by atoms with E-state index in [1.54, 1.807) is 0 Å². The van der Waals surface area contributed by atoms with Gasteiger partial charge in [-0.15, -0.1) is 0 Å². The number of nitrogens with one attached hydrogen (secondary N) is 1. The van der Waals surface area contributed by atoms with Gasteiger partial charge < -0.3 is 10.2 Å². The van der Waals surface area contributed by atoms with E-state index < -0.39 is 0 Å². The fraction of sp³-hybridized carbons (Fsp3) is 0.188. The monoisotopic (exact) mass is 285 g/mol. The summed E-state index contributed by atoms with van der Waals surface area (Å²) < 4.78 is 0. The van der Waals surface area contributed by atoms with Gasteiger partial charge in [0.1, 0.15) is 0 Å². The minimum atomic E-state index is 0.710. The normalized spacial score (nSPS) is 14.2. The van der Waals surface area contributed by atoms with Gasteiger partial charge in [0.15, 0.2) is 5.96 Å². The Morgan fingerprint density at radius 1 is 1.05 bits per heavy atom. The van der Waals surface area contributed by atoms with Gasteiger partial charge in [0.25, 0.3) is 0 Å². The summed E-state index contributed by atoms with van der Waals surface area (Å²) in [5.74, 6) is 0.891. The summed E-state index contributed by atoms with van der Waals surface area (Å²) in [6.07, 6.45) is 0. The molecule has 1 N–H and O–H groups in total. The highest BCUT2D eigenvalue weighted by molar-refractivity contribution is 6.33. The topological polar surface area (TPSA) is 27.6 Å². The summed E-state index contributed by atoms with van der Waals surface area (Å²) in [5, 5.41) is 4.03. The lowest BCUT2D eigenvalue weighted by Gasteiger charge is -2.21. The molecule has 0 bridgehead atoms. The molecule has 3 rings (SSSR count). The molecule has 0 atom stereocenters. The highest BCUT2D eigenvalue weighted by atomic mass is 35.5. The number of hydrogen-bond acceptors (Lipinski definition) is 3. The minimum Gasteiger partial charge on any atom is -0.337 e. The Morgan fingerprint density at radius 2 is 1.80 bits per heavy atom. The molecule has 4 heteroatoms. The number of hydrogen-bond donors (Lipinski definition) is 1. The highest BCUT2D eigenvalue weighted by Gasteiger charge is 2.17. The molecule has 2 aromatic carbocycles. The lowest BCUT2D eigenvalue weighted by Crippen LogP contribution is -2.32. The number of benzene rings is 2. The largest absolute Gasteiger partial charge is 0.337 e. The number of nitrogens with zero attached hydrogens (tertiary/aromatic N) is 2. The van der Waals surface area contributed by atoms with E-state index in [1.165, 1.54) is 5.56 Å². The molecule has 0 radical (unpaired) electrons. The molecule has 0 amide bonds. The Bertz CT molecular complexity index is 610. The van der Waals surface area contributed by atoms with Crippen molar-refractivity contribution in [3.05, 3.63) is 65.2 Å². The van der Waals surface area contributed by atoms with Crippen molar-refractivity contribution in [3.8, 4) is 0 Å². The Hall–Kier alpha value is -2.00. The Morgan fingerprint density at radius 3 is 2.60 bits per heavy atom. The third-order valence-corrected chi connectivity index (χ3v) is 3.60. The van der Waals surface area contributed by atoms with E-state index in [2.05, 4.69) is 39.5 Å². The molecule has 0 spiro atoms. The Kier molecular flexibility index (Phi) is 3.88. The molecule has 1 aliphatic heterocycles. The number of aliphatic imine (C=N–C) groups is 1. The van der Waals surface area contributed by atoms with Crippen LogP contribution in [0.2, 0.25) is 5.02 Å². The van der Waals surface area contributed by atoms with Crippen LogP contribution in [-0.4, -0.2) is 23.9 Å². The molecule has 20 heavy (non-hydrogen) atoms. The van der Waals surface area contributed by atoms with Gasteiger partial charge in [-0.3, -0.25) is 4.99 Å². The number of para-hydroxylation sites is 1. The van der Waals surface area contributed by atoms with Crippen LogP contribution in [0.3, 0.4) is 0 Å². The zero-order valence-corrected chi connectivity index (χ0v) is 11.8. The van der Waals surface area contributed by atoms with Crippen molar-refractivity contribution in [2.24, 2.45) is 4.99 Å². The lowest BCUT2D eigenvalue weighted by atomic mass is 10.2. The van der Waals surface area contributed by atoms with Gasteiger partial charge in [-0.25, -0.2) is 0 Å². The van der Waals surface area contributed by atoms with Crippen molar-refractivity contribution in [2.45, 2.75) is 6.54 Å². The van der Waals surface area contributed by atoms with Crippen LogP contribution in [0, 0.1) is 0 Å². The maximum atomic E-state index is 6.17. The molecular formula is C16H16ClN3. The van der Waals surface area contributed by atoms with E-state index in [9.17, 15) is 0 Å². The molecule has 1 heterocycles. The summed E-state index contributed by atoms with van der Waals surface area (Å²) in [6, 6.07) is 18.1. The summed E-state index contributed by atoms with van der Waals surface area (Å²) in [4.78, 5) is 6.76. The van der Waals surface area contributed by atoms with E-state index in [-0.39, 0.29) is 0 Å². The maximum Gasteiger partial charge on any atom is 0.198 e. The number of anilines is 1. The van der Waals surface area contributed by atoms with Crippen LogP contribution in [0.15, 0.2) is 59.6 Å². The van der Waals surface area contributed by atoms with Crippen molar-refractivity contribution < 1.29 is 0 Å². The van der Waals surface area contributed by atoms with Crippen molar-refractivity contribution in [1.82, 2.24) is 4.90 Å². The fourth-order valence-electron chi connectivity index (χ4n) is 2.24. The van der Waals surface area contributed by atoms with Crippen LogP contribution in [0.1, 0.15) is 5.56 Å². The van der Waals surface area contributed by atoms with Crippen LogP contribution >= 0.6 is 11.6 Å². The molecule has 1 aliphatic rings. The van der Waals surface area contributed by atoms with Crippen LogP contribution in [0.25, 0.3) is 0 Å². The van der Waals surface area contributed by atoms with Crippen molar-refractivity contribution in [2.75, 3.05) is 18.4 Å². The maximum absolute atomic E-state index is 6.17. The smallest absolute Gasteiger partial charge is 0.198 e. The highest BCUT2D eigenvalue weighted by Crippen LogP contribution is 2.22. The van der Waals surface area contributed by atoms with E-state index in [1.807, 2.05) is 30.3 Å². The van der Waals surface area contributed by atoms with Crippen molar-refractivity contribution in [3.63, 3.8) is 0 Å². The SMILES string of the molecule is Clc1ccccc1NC1=NCCN1Cc1ccccc1. The summed E-state index contributed by atoms with van der Waals surface area (Å²) in [7, 11) is 0. The predicted octanol–water partition coefficient (Wildman–Crippen LogP) is 3.62. The second-order valence-electron chi connectivity index (χ2n) is 4.72. The zero-order chi connectivity index (χ0) is 13.8. The van der Waals surface area contributed by atoms with E-state index >= 15 is 0 Å². The second-order valence-corrected chi connectivity index (χ2v) is 5.12. The van der Waals surface area contributed by atoms with Crippen LogP contribution < -0.4 is 5.32 Å². The Balaban J connectivity index is 1.72. The van der Waals surface area contributed by atoms with Gasteiger partial charge in [0.2, 0.25) is 0 Å². The average molecular weight is 286 g/mol. The van der Waals surface area contributed by atoms with Gasteiger partial charge in [0, 0.05) is 13.1 Å². The van der Waals surface area contributed by atoms with E-state index in [0.717, 1.165) is 31.3 Å². The molecular weight excluding hydrogens is 270 g/mol. The van der Waals surface area contributed by atoms with Crippen LogP contribution in [0.4, 0.5) is 5.69 Å². The molecule has 0 fully saturated rings. The Labute approximate surface area is 123 Å². The first-order valence-electron chi connectivity index (χ1n) is 6.68. The molecule has 0 saturated carbocycles. The summed E-state index contributed by atoms with van der Waals surface area (Å²) >= 11 is 6.17. The van der Waals surface area contributed by atoms with Crippen molar-refractivity contribution >= 4 is 23.2 Å². The minimum absolute atomic E-state index is 0.710. The molecule has 3 nitrogen and oxygen atoms in total. The first kappa shape index (κ1) is 13.0. The summed E-state index contributed by atoms with van der Waals surface area (Å²) in [5.41, 5.74) is 2.18. The quantitative estimate of drug-likeness (QED) is 0.933. The van der Waals surface area contributed by atoms with Crippen LogP contribution in [-0.2, 0) is 6.54 Å². The van der Waals surface area contributed by atoms with Gasteiger partial charge >= 0.3 is 0 Å². The van der Waals surface area contributed by atoms with Gasteiger partial charge in [0.05, 0.1) is 17.3 Å². The second kappa shape index (κ2) is 5.97. The number of halogens is 1. The predicted molar refractivity (Wildman–Crippen MR) is 84.2 cm³/mol. The molecule has 0 unspecified atom stereocenters. The molecule has 0 aromatic heterocycles. The molecule has 0 saturated heterocycles. The zero-order valence-electron chi connectivity index (χ0n) is 11.1. The molecule has 0 aliphatic carbocycles. The van der Waals surface area contributed by atoms with E-state index in [4.69, 9.17) is 11.6 Å². The number of guanidine groups is 1. The first-order chi connectivity index (χ1) is 9.83.